The molecule has 1 aromatic carbocycles. The van der Waals surface area contributed by atoms with E-state index in [4.69, 9.17) is 4.52 Å². The zero-order valence-corrected chi connectivity index (χ0v) is 18.7. The number of halogens is 3. The number of nitro groups is 1. The van der Waals surface area contributed by atoms with E-state index in [1.165, 1.54) is 0 Å². The van der Waals surface area contributed by atoms with Crippen molar-refractivity contribution in [1.82, 2.24) is 15.5 Å². The smallest absolute Gasteiger partial charge is 0.366 e. The Bertz CT molecular complexity index is 1060. The summed E-state index contributed by atoms with van der Waals surface area (Å²) in [6.45, 7) is 2.34. The standard InChI is InChI=1S/C22H26F3N5O4/c1-14-26-20(28-34-14)21(9-3-2-4-10-21)27-19(31)15-7-11-29(12-8-15)17-6-5-16(22(23,24)25)13-18(17)30(32)33/h5-6,13,15H,2-4,7-12H2,1H3,(H,27,31). The highest BCUT2D eigenvalue weighted by atomic mass is 19.4. The Balaban J connectivity index is 1.45. The van der Waals surface area contributed by atoms with Crippen LogP contribution in [0.2, 0.25) is 0 Å². The van der Waals surface area contributed by atoms with Crippen LogP contribution in [0.25, 0.3) is 0 Å². The van der Waals surface area contributed by atoms with Gasteiger partial charge in [-0.05, 0) is 37.8 Å². The van der Waals surface area contributed by atoms with Crippen molar-refractivity contribution in [1.29, 1.82) is 0 Å². The molecule has 0 spiro atoms. The number of hydrogen-bond acceptors (Lipinski definition) is 7. The van der Waals surface area contributed by atoms with Crippen LogP contribution in [0.4, 0.5) is 24.5 Å². The molecular formula is C22H26F3N5O4. The number of anilines is 1. The van der Waals surface area contributed by atoms with Gasteiger partial charge in [-0.1, -0.05) is 24.4 Å². The molecule has 2 fully saturated rings. The first kappa shape index (κ1) is 24.0. The monoisotopic (exact) mass is 481 g/mol. The van der Waals surface area contributed by atoms with Crippen LogP contribution in [0.15, 0.2) is 22.7 Å². The fourth-order valence-electron chi connectivity index (χ4n) is 4.89. The number of alkyl halides is 3. The molecule has 184 valence electrons. The summed E-state index contributed by atoms with van der Waals surface area (Å²) in [5.74, 6) is 0.457. The molecule has 2 heterocycles. The van der Waals surface area contributed by atoms with Gasteiger partial charge in [0.2, 0.25) is 11.8 Å². The predicted molar refractivity (Wildman–Crippen MR) is 115 cm³/mol. The zero-order valence-electron chi connectivity index (χ0n) is 18.7. The van der Waals surface area contributed by atoms with Gasteiger partial charge in [0, 0.05) is 32.0 Å². The molecular weight excluding hydrogens is 455 g/mol. The minimum atomic E-state index is -4.67. The van der Waals surface area contributed by atoms with E-state index < -0.39 is 27.9 Å². The highest BCUT2D eigenvalue weighted by Gasteiger charge is 2.41. The van der Waals surface area contributed by atoms with E-state index in [1.54, 1.807) is 11.8 Å². The number of piperidine rings is 1. The molecule has 0 atom stereocenters. The summed E-state index contributed by atoms with van der Waals surface area (Å²) in [6.07, 6.45) is 0.548. The lowest BCUT2D eigenvalue weighted by Crippen LogP contribution is -2.51. The SMILES string of the molecule is Cc1nc(C2(NC(=O)C3CCN(c4ccc(C(F)(F)F)cc4[N+](=O)[O-])CC3)CCCCC2)no1. The van der Waals surface area contributed by atoms with Crippen molar-refractivity contribution in [3.63, 3.8) is 0 Å². The van der Waals surface area contributed by atoms with E-state index in [1.807, 2.05) is 0 Å². The van der Waals surface area contributed by atoms with Gasteiger partial charge in [-0.15, -0.1) is 0 Å². The number of nitrogens with one attached hydrogen (secondary N) is 1. The average Bonchev–Trinajstić information content (AvgIpc) is 3.26. The highest BCUT2D eigenvalue weighted by Crippen LogP contribution is 2.39. The van der Waals surface area contributed by atoms with Gasteiger partial charge in [0.15, 0.2) is 5.82 Å². The lowest BCUT2D eigenvalue weighted by Gasteiger charge is -2.38. The van der Waals surface area contributed by atoms with Crippen molar-refractivity contribution in [3.05, 3.63) is 45.6 Å². The molecule has 1 saturated heterocycles. The number of aromatic nitrogens is 2. The number of amides is 1. The number of nitrogens with zero attached hydrogens (tertiary/aromatic N) is 4. The largest absolute Gasteiger partial charge is 0.416 e. The fraction of sp³-hybridized carbons (Fsp3) is 0.591. The molecule has 0 bridgehead atoms. The second-order valence-corrected chi connectivity index (χ2v) is 8.99. The molecule has 12 heteroatoms. The van der Waals surface area contributed by atoms with Crippen LogP contribution in [0.5, 0.6) is 0 Å². The Labute approximate surface area is 193 Å². The maximum atomic E-state index is 13.2. The Morgan fingerprint density at radius 3 is 2.47 bits per heavy atom. The Morgan fingerprint density at radius 2 is 1.91 bits per heavy atom. The van der Waals surface area contributed by atoms with Crippen molar-refractivity contribution in [3.8, 4) is 0 Å². The third kappa shape index (κ3) is 4.85. The van der Waals surface area contributed by atoms with Crippen molar-refractivity contribution >= 4 is 17.3 Å². The highest BCUT2D eigenvalue weighted by molar-refractivity contribution is 5.80. The summed E-state index contributed by atoms with van der Waals surface area (Å²) >= 11 is 0. The summed E-state index contributed by atoms with van der Waals surface area (Å²) < 4.78 is 44.1. The maximum Gasteiger partial charge on any atom is 0.416 e. The molecule has 1 amide bonds. The summed E-state index contributed by atoms with van der Waals surface area (Å²) in [5.41, 5.74) is -2.20. The van der Waals surface area contributed by atoms with Gasteiger partial charge in [-0.2, -0.15) is 18.2 Å². The van der Waals surface area contributed by atoms with Crippen LogP contribution in [-0.4, -0.2) is 34.1 Å². The molecule has 1 aliphatic heterocycles. The van der Waals surface area contributed by atoms with E-state index >= 15 is 0 Å². The maximum absolute atomic E-state index is 13.2. The van der Waals surface area contributed by atoms with E-state index in [9.17, 15) is 28.1 Å². The minimum Gasteiger partial charge on any atom is -0.366 e. The topological polar surface area (TPSA) is 114 Å². The van der Waals surface area contributed by atoms with E-state index in [-0.39, 0.29) is 17.5 Å². The third-order valence-corrected chi connectivity index (χ3v) is 6.73. The molecule has 1 aromatic heterocycles. The number of carbonyl (C=O) groups excluding carboxylic acids is 1. The fourth-order valence-corrected chi connectivity index (χ4v) is 4.89. The number of rotatable bonds is 5. The molecule has 0 radical (unpaired) electrons. The average molecular weight is 481 g/mol. The van der Waals surface area contributed by atoms with Crippen LogP contribution < -0.4 is 10.2 Å². The summed E-state index contributed by atoms with van der Waals surface area (Å²) in [7, 11) is 0. The number of hydrogen-bond donors (Lipinski definition) is 1. The molecule has 4 rings (SSSR count). The normalized spacial score (nSPS) is 19.1. The van der Waals surface area contributed by atoms with E-state index in [0.717, 1.165) is 31.4 Å². The second kappa shape index (κ2) is 9.22. The molecule has 9 nitrogen and oxygen atoms in total. The van der Waals surface area contributed by atoms with Crippen molar-refractivity contribution < 1.29 is 27.4 Å². The van der Waals surface area contributed by atoms with Crippen molar-refractivity contribution in [2.24, 2.45) is 5.92 Å². The van der Waals surface area contributed by atoms with E-state index in [2.05, 4.69) is 15.5 Å². The Morgan fingerprint density at radius 1 is 1.24 bits per heavy atom. The first-order valence-electron chi connectivity index (χ1n) is 11.3. The van der Waals surface area contributed by atoms with Gasteiger partial charge >= 0.3 is 6.18 Å². The molecule has 1 aliphatic carbocycles. The molecule has 0 unspecified atom stereocenters. The second-order valence-electron chi connectivity index (χ2n) is 8.99. The minimum absolute atomic E-state index is 0.128. The first-order chi connectivity index (χ1) is 16.1. The van der Waals surface area contributed by atoms with Crippen LogP contribution in [0.3, 0.4) is 0 Å². The van der Waals surface area contributed by atoms with Crippen LogP contribution in [0.1, 0.15) is 62.2 Å². The Hall–Kier alpha value is -3.18. The van der Waals surface area contributed by atoms with Crippen LogP contribution in [-0.2, 0) is 16.5 Å². The molecule has 1 N–H and O–H groups in total. The zero-order chi connectivity index (χ0) is 24.5. The van der Waals surface area contributed by atoms with E-state index in [0.29, 0.717) is 56.6 Å². The summed E-state index contributed by atoms with van der Waals surface area (Å²) in [4.78, 5) is 29.8. The third-order valence-electron chi connectivity index (χ3n) is 6.73. The van der Waals surface area contributed by atoms with Gasteiger partial charge in [-0.25, -0.2) is 0 Å². The lowest BCUT2D eigenvalue weighted by molar-refractivity contribution is -0.384. The number of benzene rings is 1. The molecule has 2 aliphatic rings. The van der Waals surface area contributed by atoms with Crippen LogP contribution >= 0.6 is 0 Å². The number of nitro benzene ring substituents is 1. The quantitative estimate of drug-likeness (QED) is 0.494. The van der Waals surface area contributed by atoms with Crippen molar-refractivity contribution in [2.45, 2.75) is 63.6 Å². The summed E-state index contributed by atoms with van der Waals surface area (Å²) in [5, 5.41) is 18.7. The van der Waals surface area contributed by atoms with Gasteiger partial charge in [0.05, 0.1) is 10.5 Å². The molecule has 1 saturated carbocycles. The van der Waals surface area contributed by atoms with Gasteiger partial charge in [-0.3, -0.25) is 14.9 Å². The van der Waals surface area contributed by atoms with Gasteiger partial charge < -0.3 is 14.7 Å². The van der Waals surface area contributed by atoms with Crippen LogP contribution in [0, 0.1) is 23.0 Å². The predicted octanol–water partition coefficient (Wildman–Crippen LogP) is 4.50. The first-order valence-corrected chi connectivity index (χ1v) is 11.3. The molecule has 2 aromatic rings. The Kier molecular flexibility index (Phi) is 6.50. The lowest BCUT2D eigenvalue weighted by atomic mass is 9.80. The van der Waals surface area contributed by atoms with Gasteiger partial charge in [0.25, 0.3) is 5.69 Å². The van der Waals surface area contributed by atoms with Crippen molar-refractivity contribution in [2.75, 3.05) is 18.0 Å². The summed E-state index contributed by atoms with van der Waals surface area (Å²) in [6, 6.07) is 2.55. The number of carbonyl (C=O) groups is 1. The molecule has 34 heavy (non-hydrogen) atoms. The van der Waals surface area contributed by atoms with Gasteiger partial charge in [0.1, 0.15) is 11.2 Å². The number of aryl methyl sites for hydroxylation is 1.